The lowest BCUT2D eigenvalue weighted by Crippen LogP contribution is -2.48. The van der Waals surface area contributed by atoms with Crippen molar-refractivity contribution >= 4 is 5.91 Å². The van der Waals surface area contributed by atoms with Gasteiger partial charge in [0.15, 0.2) is 0 Å². The Labute approximate surface area is 115 Å². The van der Waals surface area contributed by atoms with E-state index in [9.17, 15) is 9.90 Å². The van der Waals surface area contributed by atoms with Crippen molar-refractivity contribution in [1.82, 2.24) is 5.32 Å². The third-order valence-corrected chi connectivity index (χ3v) is 4.67. The van der Waals surface area contributed by atoms with Gasteiger partial charge in [-0.3, -0.25) is 4.79 Å². The Morgan fingerprint density at radius 2 is 2.26 bits per heavy atom. The summed E-state index contributed by atoms with van der Waals surface area (Å²) in [5.41, 5.74) is 0. The van der Waals surface area contributed by atoms with Crippen molar-refractivity contribution in [3.8, 4) is 0 Å². The van der Waals surface area contributed by atoms with Crippen LogP contribution in [0.1, 0.15) is 32.6 Å². The number of ether oxygens (including phenoxy) is 1. The number of aliphatic hydroxyl groups is 1. The van der Waals surface area contributed by atoms with E-state index in [4.69, 9.17) is 4.74 Å². The summed E-state index contributed by atoms with van der Waals surface area (Å²) in [5, 5.41) is 12.6. The van der Waals surface area contributed by atoms with Crippen molar-refractivity contribution in [2.24, 2.45) is 17.8 Å². The fraction of sp³-hybridized carbons (Fsp3) is 0.800. The van der Waals surface area contributed by atoms with Gasteiger partial charge in [-0.15, -0.1) is 6.58 Å². The molecule has 2 aliphatic rings. The average Bonchev–Trinajstić information content (AvgIpc) is 2.99. The lowest BCUT2D eigenvalue weighted by Gasteiger charge is -2.31. The second-order valence-corrected chi connectivity index (χ2v) is 5.80. The van der Waals surface area contributed by atoms with Crippen LogP contribution in [0.2, 0.25) is 0 Å². The van der Waals surface area contributed by atoms with Gasteiger partial charge in [-0.05, 0) is 44.4 Å². The molecule has 2 rings (SSSR count). The highest BCUT2D eigenvalue weighted by Gasteiger charge is 2.47. The molecule has 5 unspecified atom stereocenters. The number of rotatable bonds is 7. The normalized spacial score (nSPS) is 34.2. The highest BCUT2D eigenvalue weighted by Crippen LogP contribution is 2.48. The van der Waals surface area contributed by atoms with E-state index in [2.05, 4.69) is 11.9 Å². The summed E-state index contributed by atoms with van der Waals surface area (Å²) in [6, 6.07) is 0.140. The van der Waals surface area contributed by atoms with Crippen LogP contribution in [0.3, 0.4) is 0 Å². The number of amides is 1. The molecule has 2 saturated carbocycles. The van der Waals surface area contributed by atoms with E-state index in [0.29, 0.717) is 18.4 Å². The minimum Gasteiger partial charge on any atom is -0.396 e. The van der Waals surface area contributed by atoms with E-state index in [1.807, 2.05) is 0 Å². The predicted molar refractivity (Wildman–Crippen MR) is 73.6 cm³/mol. The topological polar surface area (TPSA) is 58.6 Å². The summed E-state index contributed by atoms with van der Waals surface area (Å²) in [6.45, 7) is 6.11. The molecule has 0 aromatic carbocycles. The molecule has 108 valence electrons. The van der Waals surface area contributed by atoms with Gasteiger partial charge in [0.05, 0.1) is 6.61 Å². The van der Waals surface area contributed by atoms with Crippen molar-refractivity contribution in [3.63, 3.8) is 0 Å². The molecule has 2 fully saturated rings. The molecule has 1 amide bonds. The van der Waals surface area contributed by atoms with Crippen molar-refractivity contribution in [2.45, 2.75) is 44.8 Å². The molecule has 0 aromatic heterocycles. The smallest absolute Gasteiger partial charge is 0.249 e. The van der Waals surface area contributed by atoms with E-state index in [-0.39, 0.29) is 24.5 Å². The number of carbonyl (C=O) groups excluding carboxylic acids is 1. The van der Waals surface area contributed by atoms with Crippen LogP contribution in [0.5, 0.6) is 0 Å². The third kappa shape index (κ3) is 3.18. The van der Waals surface area contributed by atoms with Gasteiger partial charge in [0.1, 0.15) is 6.10 Å². The second-order valence-electron chi connectivity index (χ2n) is 5.80. The first-order valence-corrected chi connectivity index (χ1v) is 7.31. The monoisotopic (exact) mass is 267 g/mol. The molecule has 5 atom stereocenters. The van der Waals surface area contributed by atoms with Crippen LogP contribution in [0, 0.1) is 17.8 Å². The largest absolute Gasteiger partial charge is 0.396 e. The summed E-state index contributed by atoms with van der Waals surface area (Å²) >= 11 is 0. The first-order valence-electron chi connectivity index (χ1n) is 7.31. The molecular formula is C15H25NO3. The number of aliphatic hydroxyl groups excluding tert-OH is 1. The van der Waals surface area contributed by atoms with Crippen LogP contribution >= 0.6 is 0 Å². The lowest BCUT2D eigenvalue weighted by molar-refractivity contribution is -0.133. The maximum absolute atomic E-state index is 12.1. The Balaban J connectivity index is 1.82. The number of nitrogens with one attached hydrogen (secondary N) is 1. The van der Waals surface area contributed by atoms with Crippen molar-refractivity contribution < 1.29 is 14.6 Å². The molecule has 0 radical (unpaired) electrons. The minimum absolute atomic E-state index is 0.0555. The zero-order chi connectivity index (χ0) is 13.8. The number of fused-ring (bicyclic) bond motifs is 2. The molecular weight excluding hydrogens is 242 g/mol. The summed E-state index contributed by atoms with van der Waals surface area (Å²) in [6.07, 6.45) is 5.64. The predicted octanol–water partition coefficient (Wildman–Crippen LogP) is 1.49. The van der Waals surface area contributed by atoms with Crippen LogP contribution in [-0.2, 0) is 9.53 Å². The van der Waals surface area contributed by atoms with Gasteiger partial charge in [-0.25, -0.2) is 0 Å². The first kappa shape index (κ1) is 14.5. The highest BCUT2D eigenvalue weighted by atomic mass is 16.5. The quantitative estimate of drug-likeness (QED) is 0.543. The van der Waals surface area contributed by atoms with Gasteiger partial charge >= 0.3 is 0 Å². The van der Waals surface area contributed by atoms with Crippen LogP contribution in [-0.4, -0.2) is 36.4 Å². The Morgan fingerprint density at radius 3 is 2.95 bits per heavy atom. The van der Waals surface area contributed by atoms with Crippen molar-refractivity contribution in [3.05, 3.63) is 12.7 Å². The summed E-state index contributed by atoms with van der Waals surface area (Å²) in [4.78, 5) is 12.1. The molecule has 0 aromatic rings. The maximum Gasteiger partial charge on any atom is 0.249 e. The molecule has 0 heterocycles. The molecule has 4 nitrogen and oxygen atoms in total. The maximum atomic E-state index is 12.1. The Kier molecular flexibility index (Phi) is 4.99. The first-order chi connectivity index (χ1) is 9.17. The van der Waals surface area contributed by atoms with Crippen molar-refractivity contribution in [1.29, 1.82) is 0 Å². The third-order valence-electron chi connectivity index (χ3n) is 4.67. The molecule has 0 aliphatic heterocycles. The van der Waals surface area contributed by atoms with Crippen LogP contribution in [0.4, 0.5) is 0 Å². The van der Waals surface area contributed by atoms with E-state index in [1.165, 1.54) is 12.8 Å². The van der Waals surface area contributed by atoms with E-state index >= 15 is 0 Å². The van der Waals surface area contributed by atoms with Gasteiger partial charge in [0.2, 0.25) is 5.91 Å². The second kappa shape index (κ2) is 6.53. The van der Waals surface area contributed by atoms with Crippen molar-refractivity contribution in [2.75, 3.05) is 13.2 Å². The number of hydrogen-bond donors (Lipinski definition) is 2. The molecule has 4 heteroatoms. The van der Waals surface area contributed by atoms with E-state index in [0.717, 1.165) is 12.8 Å². The van der Waals surface area contributed by atoms with Crippen LogP contribution < -0.4 is 5.32 Å². The zero-order valence-electron chi connectivity index (χ0n) is 11.7. The van der Waals surface area contributed by atoms with Gasteiger partial charge in [-0.1, -0.05) is 6.08 Å². The molecule has 0 saturated heterocycles. The Hall–Kier alpha value is -0.870. The molecule has 2 aliphatic carbocycles. The Morgan fingerprint density at radius 1 is 1.53 bits per heavy atom. The molecule has 19 heavy (non-hydrogen) atoms. The minimum atomic E-state index is -0.432. The summed E-state index contributed by atoms with van der Waals surface area (Å²) in [5.74, 6) is 1.33. The number of hydrogen-bond acceptors (Lipinski definition) is 3. The fourth-order valence-corrected chi connectivity index (χ4v) is 3.58. The zero-order valence-corrected chi connectivity index (χ0v) is 11.7. The van der Waals surface area contributed by atoms with Crippen LogP contribution in [0.25, 0.3) is 0 Å². The molecule has 2 bridgehead atoms. The van der Waals surface area contributed by atoms with E-state index in [1.54, 1.807) is 13.0 Å². The number of carbonyl (C=O) groups is 1. The molecule has 2 N–H and O–H groups in total. The standard InChI is InChI=1S/C15H25NO3/c1-3-4-7-19-10(2)15(18)16-14-12-6-5-11(8-12)13(14)9-17/h3,10-14,17H,1,4-9H2,2H3,(H,16,18). The van der Waals surface area contributed by atoms with Crippen LogP contribution in [0.15, 0.2) is 12.7 Å². The summed E-state index contributed by atoms with van der Waals surface area (Å²) < 4.78 is 5.46. The lowest BCUT2D eigenvalue weighted by atomic mass is 9.85. The van der Waals surface area contributed by atoms with E-state index < -0.39 is 6.10 Å². The van der Waals surface area contributed by atoms with Gasteiger partial charge < -0.3 is 15.2 Å². The van der Waals surface area contributed by atoms with Gasteiger partial charge in [0.25, 0.3) is 0 Å². The Bertz CT molecular complexity index is 331. The average molecular weight is 267 g/mol. The fourth-order valence-electron chi connectivity index (χ4n) is 3.58. The molecule has 0 spiro atoms. The SMILES string of the molecule is C=CCCOC(C)C(=O)NC1C2CCC(C2)C1CO. The summed E-state index contributed by atoms with van der Waals surface area (Å²) in [7, 11) is 0. The van der Waals surface area contributed by atoms with Gasteiger partial charge in [0, 0.05) is 18.6 Å². The van der Waals surface area contributed by atoms with Gasteiger partial charge in [-0.2, -0.15) is 0 Å². The highest BCUT2D eigenvalue weighted by molar-refractivity contribution is 5.80.